The van der Waals surface area contributed by atoms with Gasteiger partial charge in [-0.15, -0.1) is 0 Å². The Bertz CT molecular complexity index is 370. The van der Waals surface area contributed by atoms with Crippen LogP contribution in [0.4, 0.5) is 5.95 Å². The van der Waals surface area contributed by atoms with Gasteiger partial charge in [-0.25, -0.2) is 0 Å². The van der Waals surface area contributed by atoms with Crippen LogP contribution in [0.3, 0.4) is 0 Å². The van der Waals surface area contributed by atoms with E-state index < -0.39 is 0 Å². The molecule has 2 atom stereocenters. The minimum Gasteiger partial charge on any atom is -0.394 e. The Morgan fingerprint density at radius 1 is 1.31 bits per heavy atom. The van der Waals surface area contributed by atoms with E-state index in [1.165, 1.54) is 0 Å². The molecule has 0 spiro atoms. The summed E-state index contributed by atoms with van der Waals surface area (Å²) >= 11 is 11.4. The van der Waals surface area contributed by atoms with Gasteiger partial charge in [0.2, 0.25) is 16.5 Å². The lowest BCUT2D eigenvalue weighted by Crippen LogP contribution is -2.36. The number of anilines is 1. The molecule has 2 unspecified atom stereocenters. The van der Waals surface area contributed by atoms with E-state index in [9.17, 15) is 5.11 Å². The first-order valence-corrected chi connectivity index (χ1v) is 5.82. The number of aliphatic hydroxyl groups is 1. The van der Waals surface area contributed by atoms with Gasteiger partial charge >= 0.3 is 0 Å². The first-order valence-electron chi connectivity index (χ1n) is 5.06. The maximum Gasteiger partial charge on any atom is 0.231 e. The van der Waals surface area contributed by atoms with Crippen molar-refractivity contribution in [3.63, 3.8) is 0 Å². The molecule has 1 aliphatic rings. The molecule has 0 aromatic carbocycles. The highest BCUT2D eigenvalue weighted by atomic mass is 35.5. The van der Waals surface area contributed by atoms with Crippen LogP contribution in [0.25, 0.3) is 0 Å². The summed E-state index contributed by atoms with van der Waals surface area (Å²) in [5, 5.41) is 9.48. The van der Waals surface area contributed by atoms with Crippen molar-refractivity contribution in [2.75, 3.05) is 18.1 Å². The van der Waals surface area contributed by atoms with E-state index in [2.05, 4.69) is 21.9 Å². The molecule has 0 amide bonds. The Morgan fingerprint density at radius 2 is 1.94 bits per heavy atom. The Morgan fingerprint density at radius 3 is 2.50 bits per heavy atom. The van der Waals surface area contributed by atoms with E-state index in [0.717, 1.165) is 13.0 Å². The number of aliphatic hydroxyl groups excluding tert-OH is 1. The van der Waals surface area contributed by atoms with E-state index in [0.29, 0.717) is 11.9 Å². The third kappa shape index (κ3) is 2.21. The van der Waals surface area contributed by atoms with Gasteiger partial charge in [0, 0.05) is 6.54 Å². The second kappa shape index (κ2) is 4.69. The van der Waals surface area contributed by atoms with Gasteiger partial charge < -0.3 is 10.0 Å². The minimum atomic E-state index is 0.0227. The van der Waals surface area contributed by atoms with Gasteiger partial charge in [-0.05, 0) is 35.5 Å². The molecule has 7 heteroatoms. The number of nitrogens with zero attached hydrogens (tertiary/aromatic N) is 4. The standard InChI is InChI=1S/C9H12Cl2N4O/c1-5-2-3-15(6(5)4-16)9-13-7(10)12-8(11)14-9/h5-6,16H,2-4H2,1H3. The van der Waals surface area contributed by atoms with Crippen LogP contribution in [-0.4, -0.2) is 39.3 Å². The van der Waals surface area contributed by atoms with Crippen molar-refractivity contribution in [2.24, 2.45) is 5.92 Å². The van der Waals surface area contributed by atoms with Gasteiger partial charge in [-0.2, -0.15) is 15.0 Å². The van der Waals surface area contributed by atoms with Crippen molar-refractivity contribution in [1.82, 2.24) is 15.0 Å². The Hall–Kier alpha value is -0.650. The normalized spacial score (nSPS) is 25.1. The summed E-state index contributed by atoms with van der Waals surface area (Å²) in [6, 6.07) is 0.0227. The summed E-state index contributed by atoms with van der Waals surface area (Å²) in [5.74, 6) is 0.840. The largest absolute Gasteiger partial charge is 0.394 e. The van der Waals surface area contributed by atoms with Gasteiger partial charge in [0.1, 0.15) is 0 Å². The lowest BCUT2D eigenvalue weighted by atomic mass is 10.0. The molecule has 5 nitrogen and oxygen atoms in total. The molecule has 1 aromatic heterocycles. The van der Waals surface area contributed by atoms with E-state index in [4.69, 9.17) is 23.2 Å². The van der Waals surface area contributed by atoms with Crippen LogP contribution in [0.15, 0.2) is 0 Å². The van der Waals surface area contributed by atoms with Crippen molar-refractivity contribution in [2.45, 2.75) is 19.4 Å². The number of hydrogen-bond donors (Lipinski definition) is 1. The van der Waals surface area contributed by atoms with Crippen molar-refractivity contribution < 1.29 is 5.11 Å². The zero-order valence-electron chi connectivity index (χ0n) is 8.77. The summed E-state index contributed by atoms with van der Waals surface area (Å²) in [7, 11) is 0. The SMILES string of the molecule is CC1CCN(c2nc(Cl)nc(Cl)n2)C1CO. The number of rotatable bonds is 2. The third-order valence-corrected chi connectivity index (χ3v) is 3.23. The molecule has 2 heterocycles. The molecular weight excluding hydrogens is 251 g/mol. The third-order valence-electron chi connectivity index (χ3n) is 2.90. The van der Waals surface area contributed by atoms with Crippen LogP contribution in [0.1, 0.15) is 13.3 Å². The molecule has 1 fully saturated rings. The predicted molar refractivity (Wildman–Crippen MR) is 61.8 cm³/mol. The smallest absolute Gasteiger partial charge is 0.231 e. The fourth-order valence-electron chi connectivity index (χ4n) is 1.98. The van der Waals surface area contributed by atoms with Crippen LogP contribution >= 0.6 is 23.2 Å². The maximum absolute atomic E-state index is 9.33. The Kier molecular flexibility index (Phi) is 3.47. The average Bonchev–Trinajstić information content (AvgIpc) is 2.58. The Labute approximate surface area is 103 Å². The first-order chi connectivity index (χ1) is 7.61. The highest BCUT2D eigenvalue weighted by Crippen LogP contribution is 2.27. The quantitative estimate of drug-likeness (QED) is 0.873. The second-order valence-electron chi connectivity index (χ2n) is 3.88. The molecule has 1 saturated heterocycles. The van der Waals surface area contributed by atoms with E-state index in [1.54, 1.807) is 0 Å². The molecule has 0 aliphatic carbocycles. The highest BCUT2D eigenvalue weighted by molar-refractivity contribution is 6.31. The average molecular weight is 263 g/mol. The zero-order valence-corrected chi connectivity index (χ0v) is 10.3. The molecule has 1 aromatic rings. The topological polar surface area (TPSA) is 62.1 Å². The van der Waals surface area contributed by atoms with Gasteiger partial charge in [-0.3, -0.25) is 0 Å². The molecule has 2 rings (SSSR count). The molecule has 0 bridgehead atoms. The fraction of sp³-hybridized carbons (Fsp3) is 0.667. The summed E-state index contributed by atoms with van der Waals surface area (Å²) < 4.78 is 0. The van der Waals surface area contributed by atoms with Gasteiger partial charge in [0.05, 0.1) is 12.6 Å². The van der Waals surface area contributed by atoms with Gasteiger partial charge in [0.15, 0.2) is 0 Å². The monoisotopic (exact) mass is 262 g/mol. The fourth-order valence-corrected chi connectivity index (χ4v) is 2.33. The van der Waals surface area contributed by atoms with Crippen molar-refractivity contribution in [3.8, 4) is 0 Å². The van der Waals surface area contributed by atoms with E-state index in [-0.39, 0.29) is 23.2 Å². The summed E-state index contributed by atoms with van der Waals surface area (Å²) in [4.78, 5) is 13.7. The summed E-state index contributed by atoms with van der Waals surface area (Å²) in [6.45, 7) is 2.95. The molecule has 0 radical (unpaired) electrons. The Balaban J connectivity index is 2.29. The number of aromatic nitrogens is 3. The van der Waals surface area contributed by atoms with Crippen LogP contribution in [0.5, 0.6) is 0 Å². The van der Waals surface area contributed by atoms with Crippen LogP contribution in [0, 0.1) is 5.92 Å². The van der Waals surface area contributed by atoms with Gasteiger partial charge in [0.25, 0.3) is 0 Å². The predicted octanol–water partition coefficient (Wildman–Crippen LogP) is 1.39. The molecule has 88 valence electrons. The van der Waals surface area contributed by atoms with Crippen molar-refractivity contribution in [3.05, 3.63) is 10.6 Å². The number of hydrogen-bond acceptors (Lipinski definition) is 5. The van der Waals surface area contributed by atoms with E-state index in [1.807, 2.05) is 4.90 Å². The molecule has 16 heavy (non-hydrogen) atoms. The lowest BCUT2D eigenvalue weighted by molar-refractivity contribution is 0.244. The summed E-state index contributed by atoms with van der Waals surface area (Å²) in [5.41, 5.74) is 0. The van der Waals surface area contributed by atoms with Crippen molar-refractivity contribution in [1.29, 1.82) is 0 Å². The van der Waals surface area contributed by atoms with Crippen molar-refractivity contribution >= 4 is 29.2 Å². The lowest BCUT2D eigenvalue weighted by Gasteiger charge is -2.24. The maximum atomic E-state index is 9.33. The summed E-state index contributed by atoms with van der Waals surface area (Å²) in [6.07, 6.45) is 0.992. The van der Waals surface area contributed by atoms with Gasteiger partial charge in [-0.1, -0.05) is 6.92 Å². The molecule has 1 aliphatic heterocycles. The minimum absolute atomic E-state index is 0.0227. The van der Waals surface area contributed by atoms with Crippen LogP contribution < -0.4 is 4.90 Å². The van der Waals surface area contributed by atoms with Crippen LogP contribution in [-0.2, 0) is 0 Å². The molecular formula is C9H12Cl2N4O. The second-order valence-corrected chi connectivity index (χ2v) is 4.56. The first kappa shape index (κ1) is 11.8. The van der Waals surface area contributed by atoms with Crippen LogP contribution in [0.2, 0.25) is 10.6 Å². The molecule has 1 N–H and O–H groups in total. The molecule has 0 saturated carbocycles. The van der Waals surface area contributed by atoms with E-state index >= 15 is 0 Å². The highest BCUT2D eigenvalue weighted by Gasteiger charge is 2.32. The number of halogens is 2. The zero-order chi connectivity index (χ0) is 11.7.